The SMILES string of the molecule is Cc1ccc(-n2c(SCC(=O)Nc3cc(C)ccc3C)nc3ccccc3c2=O)c(C)c1. The summed E-state index contributed by atoms with van der Waals surface area (Å²) in [5.74, 6) is 0.00146. The van der Waals surface area contributed by atoms with Crippen LogP contribution in [0.15, 0.2) is 70.6 Å². The first-order valence-electron chi connectivity index (χ1n) is 10.4. The molecule has 0 saturated heterocycles. The molecule has 0 saturated carbocycles. The normalized spacial score (nSPS) is 11.0. The number of rotatable bonds is 5. The number of fused-ring (bicyclic) bond motifs is 1. The van der Waals surface area contributed by atoms with E-state index in [1.54, 1.807) is 10.6 Å². The number of aryl methyl sites for hydroxylation is 4. The Kier molecular flexibility index (Phi) is 6.15. The van der Waals surface area contributed by atoms with Crippen molar-refractivity contribution in [2.45, 2.75) is 32.9 Å². The molecule has 4 aromatic rings. The zero-order valence-electron chi connectivity index (χ0n) is 18.6. The minimum absolute atomic E-state index is 0.139. The zero-order valence-corrected chi connectivity index (χ0v) is 19.4. The van der Waals surface area contributed by atoms with Gasteiger partial charge in [-0.25, -0.2) is 4.98 Å². The molecular weight excluding hydrogens is 418 g/mol. The van der Waals surface area contributed by atoms with Crippen LogP contribution in [0.4, 0.5) is 5.69 Å². The molecule has 6 heteroatoms. The molecule has 0 radical (unpaired) electrons. The van der Waals surface area contributed by atoms with Crippen molar-refractivity contribution in [3.63, 3.8) is 0 Å². The predicted molar refractivity (Wildman–Crippen MR) is 132 cm³/mol. The van der Waals surface area contributed by atoms with Crippen molar-refractivity contribution in [3.05, 3.63) is 93.3 Å². The number of para-hydroxylation sites is 1. The van der Waals surface area contributed by atoms with Crippen molar-refractivity contribution >= 4 is 34.3 Å². The average Bonchev–Trinajstić information content (AvgIpc) is 2.76. The maximum Gasteiger partial charge on any atom is 0.266 e. The van der Waals surface area contributed by atoms with Crippen molar-refractivity contribution < 1.29 is 4.79 Å². The van der Waals surface area contributed by atoms with Crippen LogP contribution in [0.5, 0.6) is 0 Å². The summed E-state index contributed by atoms with van der Waals surface area (Å²) in [5, 5.41) is 4.03. The van der Waals surface area contributed by atoms with Crippen LogP contribution in [0, 0.1) is 27.7 Å². The van der Waals surface area contributed by atoms with Crippen molar-refractivity contribution in [2.75, 3.05) is 11.1 Å². The van der Waals surface area contributed by atoms with Gasteiger partial charge in [0.2, 0.25) is 5.91 Å². The van der Waals surface area contributed by atoms with Gasteiger partial charge in [-0.2, -0.15) is 0 Å². The number of thioether (sulfide) groups is 1. The second-order valence-electron chi connectivity index (χ2n) is 8.00. The van der Waals surface area contributed by atoms with Gasteiger partial charge in [-0.1, -0.05) is 53.7 Å². The Morgan fingerprint density at radius 3 is 2.44 bits per heavy atom. The molecule has 4 rings (SSSR count). The molecule has 0 aliphatic rings. The lowest BCUT2D eigenvalue weighted by Gasteiger charge is -2.16. The predicted octanol–water partition coefficient (Wildman–Crippen LogP) is 5.35. The molecule has 5 nitrogen and oxygen atoms in total. The lowest BCUT2D eigenvalue weighted by atomic mass is 10.1. The summed E-state index contributed by atoms with van der Waals surface area (Å²) in [6, 6.07) is 19.2. The van der Waals surface area contributed by atoms with E-state index in [1.165, 1.54) is 11.8 Å². The molecule has 0 atom stereocenters. The average molecular weight is 444 g/mol. The summed E-state index contributed by atoms with van der Waals surface area (Å²) < 4.78 is 1.62. The number of hydrogen-bond donors (Lipinski definition) is 1. The lowest BCUT2D eigenvalue weighted by molar-refractivity contribution is -0.113. The van der Waals surface area contributed by atoms with Crippen LogP contribution in [0.1, 0.15) is 22.3 Å². The van der Waals surface area contributed by atoms with Crippen LogP contribution in [0.25, 0.3) is 16.6 Å². The number of carbonyl (C=O) groups is 1. The minimum atomic E-state index is -0.140. The Morgan fingerprint density at radius 2 is 1.66 bits per heavy atom. The van der Waals surface area contributed by atoms with Crippen molar-refractivity contribution in [3.8, 4) is 5.69 Å². The smallest absolute Gasteiger partial charge is 0.266 e. The number of hydrogen-bond acceptors (Lipinski definition) is 4. The van der Waals surface area contributed by atoms with Crippen molar-refractivity contribution in [1.29, 1.82) is 0 Å². The van der Waals surface area contributed by atoms with E-state index in [0.29, 0.717) is 16.1 Å². The standard InChI is InChI=1S/C26H25N3O2S/c1-16-10-12-23(19(4)13-16)29-25(31)20-7-5-6-8-21(20)28-26(29)32-15-24(30)27-22-14-17(2)9-11-18(22)3/h5-14H,15H2,1-4H3,(H,27,30). The maximum absolute atomic E-state index is 13.4. The molecule has 32 heavy (non-hydrogen) atoms. The molecule has 0 fully saturated rings. The molecule has 0 aliphatic heterocycles. The molecule has 1 heterocycles. The van der Waals surface area contributed by atoms with E-state index in [1.807, 2.05) is 82.3 Å². The van der Waals surface area contributed by atoms with Gasteiger partial charge in [0.05, 0.1) is 22.3 Å². The Morgan fingerprint density at radius 1 is 0.938 bits per heavy atom. The van der Waals surface area contributed by atoms with Gasteiger partial charge in [0.25, 0.3) is 5.56 Å². The fourth-order valence-corrected chi connectivity index (χ4v) is 4.47. The molecule has 0 spiro atoms. The number of anilines is 1. The van der Waals surface area contributed by atoms with Crippen molar-refractivity contribution in [2.24, 2.45) is 0 Å². The third-order valence-corrected chi connectivity index (χ3v) is 6.28. The number of aromatic nitrogens is 2. The van der Waals surface area contributed by atoms with Gasteiger partial charge in [-0.3, -0.25) is 14.2 Å². The van der Waals surface area contributed by atoms with Gasteiger partial charge in [0, 0.05) is 5.69 Å². The van der Waals surface area contributed by atoms with Crippen LogP contribution >= 0.6 is 11.8 Å². The highest BCUT2D eigenvalue weighted by Gasteiger charge is 2.16. The number of carbonyl (C=O) groups excluding carboxylic acids is 1. The van der Waals surface area contributed by atoms with Gasteiger partial charge >= 0.3 is 0 Å². The van der Waals surface area contributed by atoms with E-state index in [0.717, 1.165) is 33.6 Å². The maximum atomic E-state index is 13.4. The fourth-order valence-electron chi connectivity index (χ4n) is 3.66. The third kappa shape index (κ3) is 4.46. The van der Waals surface area contributed by atoms with Crippen molar-refractivity contribution in [1.82, 2.24) is 9.55 Å². The van der Waals surface area contributed by atoms with Gasteiger partial charge < -0.3 is 5.32 Å². The minimum Gasteiger partial charge on any atom is -0.325 e. The van der Waals surface area contributed by atoms with Gasteiger partial charge in [-0.05, 0) is 68.7 Å². The quantitative estimate of drug-likeness (QED) is 0.334. The molecule has 1 N–H and O–H groups in total. The van der Waals surface area contributed by atoms with E-state index in [2.05, 4.69) is 5.32 Å². The molecule has 0 aliphatic carbocycles. The number of nitrogens with zero attached hydrogens (tertiary/aromatic N) is 2. The van der Waals surface area contributed by atoms with Gasteiger partial charge in [0.1, 0.15) is 0 Å². The monoisotopic (exact) mass is 443 g/mol. The molecule has 1 aromatic heterocycles. The van der Waals surface area contributed by atoms with E-state index in [9.17, 15) is 9.59 Å². The highest BCUT2D eigenvalue weighted by molar-refractivity contribution is 7.99. The molecule has 0 unspecified atom stereocenters. The second-order valence-corrected chi connectivity index (χ2v) is 8.94. The van der Waals surface area contributed by atoms with E-state index >= 15 is 0 Å². The molecule has 1 amide bonds. The first-order chi connectivity index (χ1) is 15.3. The van der Waals surface area contributed by atoms with E-state index in [4.69, 9.17) is 4.98 Å². The van der Waals surface area contributed by atoms with E-state index < -0.39 is 0 Å². The number of benzene rings is 3. The first-order valence-corrected chi connectivity index (χ1v) is 11.4. The largest absolute Gasteiger partial charge is 0.325 e. The van der Waals surface area contributed by atoms with Gasteiger partial charge in [0.15, 0.2) is 5.16 Å². The topological polar surface area (TPSA) is 64.0 Å². The zero-order chi connectivity index (χ0) is 22.8. The summed E-state index contributed by atoms with van der Waals surface area (Å²) >= 11 is 1.26. The summed E-state index contributed by atoms with van der Waals surface area (Å²) in [4.78, 5) is 30.9. The first kappa shape index (κ1) is 21.8. The Labute approximate surface area is 191 Å². The van der Waals surface area contributed by atoms with E-state index in [-0.39, 0.29) is 17.2 Å². The molecule has 0 bridgehead atoms. The van der Waals surface area contributed by atoms with Crippen LogP contribution in [-0.2, 0) is 4.79 Å². The Bertz CT molecular complexity index is 1390. The van der Waals surface area contributed by atoms with Crippen LogP contribution in [0.2, 0.25) is 0 Å². The highest BCUT2D eigenvalue weighted by atomic mass is 32.2. The van der Waals surface area contributed by atoms with Crippen LogP contribution in [0.3, 0.4) is 0 Å². The Balaban J connectivity index is 1.70. The molecule has 3 aromatic carbocycles. The molecular formula is C26H25N3O2S. The van der Waals surface area contributed by atoms with Gasteiger partial charge in [-0.15, -0.1) is 0 Å². The lowest BCUT2D eigenvalue weighted by Crippen LogP contribution is -2.23. The second kappa shape index (κ2) is 9.01. The fraction of sp³-hybridized carbons (Fsp3) is 0.192. The van der Waals surface area contributed by atoms with Crippen LogP contribution < -0.4 is 10.9 Å². The summed E-state index contributed by atoms with van der Waals surface area (Å²) in [6.07, 6.45) is 0. The third-order valence-electron chi connectivity index (χ3n) is 5.34. The summed E-state index contributed by atoms with van der Waals surface area (Å²) in [5.41, 5.74) is 6.24. The van der Waals surface area contributed by atoms with Crippen LogP contribution in [-0.4, -0.2) is 21.2 Å². The molecule has 162 valence electrons. The number of nitrogens with one attached hydrogen (secondary N) is 1. The summed E-state index contributed by atoms with van der Waals surface area (Å²) in [6.45, 7) is 7.95. The summed E-state index contributed by atoms with van der Waals surface area (Å²) in [7, 11) is 0. The number of amides is 1. The highest BCUT2D eigenvalue weighted by Crippen LogP contribution is 2.24. The Hall–Kier alpha value is -3.38.